The molecule has 0 N–H and O–H groups in total. The predicted molar refractivity (Wildman–Crippen MR) is 177 cm³/mol. The molecule has 0 fully saturated rings. The normalized spacial score (nSPS) is 13.8. The van der Waals surface area contributed by atoms with Crippen molar-refractivity contribution in [1.82, 2.24) is 0 Å². The molecule has 0 amide bonds. The molecule has 2 aromatic rings. The summed E-state index contributed by atoms with van der Waals surface area (Å²) in [4.78, 5) is 38.2. The van der Waals surface area contributed by atoms with Gasteiger partial charge < -0.3 is 0 Å². The summed E-state index contributed by atoms with van der Waals surface area (Å²) in [5.41, 5.74) is 1.83. The minimum atomic E-state index is -0.760. The van der Waals surface area contributed by atoms with Gasteiger partial charge in [-0.25, -0.2) is 19.6 Å². The van der Waals surface area contributed by atoms with Crippen molar-refractivity contribution in [3.63, 3.8) is 0 Å². The fourth-order valence-electron chi connectivity index (χ4n) is 5.98. The Morgan fingerprint density at radius 2 is 1.07 bits per heavy atom. The summed E-state index contributed by atoms with van der Waals surface area (Å²) < 4.78 is 0. The lowest BCUT2D eigenvalue weighted by molar-refractivity contribution is -0.408. The molecule has 2 aromatic carbocycles. The van der Waals surface area contributed by atoms with E-state index in [9.17, 15) is 4.79 Å². The van der Waals surface area contributed by atoms with Crippen molar-refractivity contribution < 1.29 is 24.3 Å². The van der Waals surface area contributed by atoms with Gasteiger partial charge in [0.15, 0.2) is 5.78 Å². The fraction of sp³-hybridized carbons (Fsp3) is 0.658. The van der Waals surface area contributed by atoms with E-state index in [1.165, 1.54) is 0 Å². The van der Waals surface area contributed by atoms with Crippen molar-refractivity contribution in [2.45, 2.75) is 152 Å². The Labute approximate surface area is 262 Å². The minimum Gasteiger partial charge on any atom is -0.289 e. The van der Waals surface area contributed by atoms with Crippen LogP contribution in [0.4, 0.5) is 0 Å². The molecule has 2 rings (SSSR count). The highest BCUT2D eigenvalue weighted by Crippen LogP contribution is 2.36. The van der Waals surface area contributed by atoms with E-state index in [0.29, 0.717) is 11.1 Å². The van der Waals surface area contributed by atoms with Crippen LogP contribution in [0.5, 0.6) is 0 Å². The van der Waals surface area contributed by atoms with E-state index in [0.717, 1.165) is 42.4 Å². The summed E-state index contributed by atoms with van der Waals surface area (Å²) in [5, 5.41) is 0. The Hall–Kier alpha value is -2.05. The molecular weight excluding hydrogens is 536 g/mol. The maximum Gasteiger partial charge on any atom is 0.193 e. The maximum absolute atomic E-state index is 14.1. The Morgan fingerprint density at radius 3 is 1.51 bits per heavy atom. The molecule has 5 heteroatoms. The first kappa shape index (κ1) is 37.1. The van der Waals surface area contributed by atoms with E-state index < -0.39 is 22.4 Å². The van der Waals surface area contributed by atoms with Gasteiger partial charge in [-0.3, -0.25) is 4.79 Å². The first-order chi connectivity index (χ1) is 19.4. The molecule has 0 aliphatic rings. The molecule has 0 radical (unpaired) electrons. The maximum atomic E-state index is 14.1. The van der Waals surface area contributed by atoms with Crippen LogP contribution >= 0.6 is 0 Å². The third kappa shape index (κ3) is 11.8. The van der Waals surface area contributed by atoms with Gasteiger partial charge >= 0.3 is 0 Å². The Balaban J connectivity index is 2.36. The van der Waals surface area contributed by atoms with E-state index in [1.807, 2.05) is 91.8 Å². The van der Waals surface area contributed by atoms with Gasteiger partial charge in [0.1, 0.15) is 11.2 Å². The zero-order valence-electron chi connectivity index (χ0n) is 29.9. The van der Waals surface area contributed by atoms with Gasteiger partial charge in [0.2, 0.25) is 0 Å². The highest BCUT2D eigenvalue weighted by atomic mass is 17.2. The minimum absolute atomic E-state index is 0.0262. The summed E-state index contributed by atoms with van der Waals surface area (Å²) in [5.74, 6) is -0.0262. The number of aryl methyl sites for hydroxylation is 1. The molecule has 0 saturated heterocycles. The first-order valence-corrected chi connectivity index (χ1v) is 15.9. The summed E-state index contributed by atoms with van der Waals surface area (Å²) in [6.45, 7) is 31.3. The van der Waals surface area contributed by atoms with Gasteiger partial charge in [-0.15, -0.1) is 0 Å². The van der Waals surface area contributed by atoms with Crippen LogP contribution in [0.25, 0.3) is 0 Å². The molecule has 43 heavy (non-hydrogen) atoms. The SMILES string of the molecule is CCCc1ccc(C(C)(C)OOC(C)(C)CC(C)(C)C)cc1C(=O)c1cccc(C(C)(C)OOC(C)(C)CC(C)(C)C)c1. The van der Waals surface area contributed by atoms with Crippen molar-refractivity contribution in [2.75, 3.05) is 0 Å². The number of hydrogen-bond donors (Lipinski definition) is 0. The first-order valence-electron chi connectivity index (χ1n) is 15.9. The number of carbonyl (C=O) groups excluding carboxylic acids is 1. The lowest BCUT2D eigenvalue weighted by Gasteiger charge is -2.35. The molecule has 0 unspecified atom stereocenters. The topological polar surface area (TPSA) is 54.0 Å². The van der Waals surface area contributed by atoms with Crippen LogP contribution in [-0.2, 0) is 37.2 Å². The second kappa shape index (κ2) is 13.5. The summed E-state index contributed by atoms with van der Waals surface area (Å²) >= 11 is 0. The van der Waals surface area contributed by atoms with Crippen LogP contribution in [0.3, 0.4) is 0 Å². The summed E-state index contributed by atoms with van der Waals surface area (Å²) in [6.07, 6.45) is 3.42. The van der Waals surface area contributed by atoms with E-state index in [4.69, 9.17) is 19.6 Å². The van der Waals surface area contributed by atoms with Gasteiger partial charge in [-0.05, 0) is 114 Å². The van der Waals surface area contributed by atoms with Gasteiger partial charge in [0.05, 0.1) is 11.2 Å². The van der Waals surface area contributed by atoms with Crippen LogP contribution in [-0.4, -0.2) is 17.0 Å². The van der Waals surface area contributed by atoms with Crippen molar-refractivity contribution in [1.29, 1.82) is 0 Å². The smallest absolute Gasteiger partial charge is 0.193 e. The van der Waals surface area contributed by atoms with Crippen LogP contribution in [0, 0.1) is 10.8 Å². The van der Waals surface area contributed by atoms with Crippen LogP contribution in [0.2, 0.25) is 0 Å². The number of benzene rings is 2. The van der Waals surface area contributed by atoms with Gasteiger partial charge in [0.25, 0.3) is 0 Å². The fourth-order valence-corrected chi connectivity index (χ4v) is 5.98. The van der Waals surface area contributed by atoms with E-state index in [1.54, 1.807) is 0 Å². The average Bonchev–Trinajstić information content (AvgIpc) is 2.84. The average molecular weight is 597 g/mol. The summed E-state index contributed by atoms with van der Waals surface area (Å²) in [6, 6.07) is 13.8. The number of rotatable bonds is 14. The zero-order chi connectivity index (χ0) is 33.1. The van der Waals surface area contributed by atoms with Crippen molar-refractivity contribution in [2.24, 2.45) is 10.8 Å². The molecule has 0 aromatic heterocycles. The molecule has 0 atom stereocenters. The Kier molecular flexibility index (Phi) is 11.7. The van der Waals surface area contributed by atoms with E-state index >= 15 is 0 Å². The monoisotopic (exact) mass is 596 g/mol. The largest absolute Gasteiger partial charge is 0.289 e. The molecule has 0 bridgehead atoms. The molecule has 0 saturated carbocycles. The highest BCUT2D eigenvalue weighted by Gasteiger charge is 2.34. The molecule has 0 spiro atoms. The van der Waals surface area contributed by atoms with Gasteiger partial charge in [-0.2, -0.15) is 0 Å². The van der Waals surface area contributed by atoms with Crippen molar-refractivity contribution in [3.8, 4) is 0 Å². The number of hydrogen-bond acceptors (Lipinski definition) is 5. The number of carbonyl (C=O) groups is 1. The molecule has 0 heterocycles. The molecular formula is C38H60O5. The van der Waals surface area contributed by atoms with Gasteiger partial charge in [-0.1, -0.05) is 85.2 Å². The van der Waals surface area contributed by atoms with E-state index in [-0.39, 0.29) is 16.6 Å². The third-order valence-corrected chi connectivity index (χ3v) is 7.25. The second-order valence-electron chi connectivity index (χ2n) is 16.9. The van der Waals surface area contributed by atoms with Crippen molar-refractivity contribution in [3.05, 3.63) is 70.3 Å². The summed E-state index contributed by atoms with van der Waals surface area (Å²) in [7, 11) is 0. The zero-order valence-corrected chi connectivity index (χ0v) is 29.9. The quantitative estimate of drug-likeness (QED) is 0.123. The molecule has 0 aliphatic heterocycles. The second-order valence-corrected chi connectivity index (χ2v) is 16.9. The van der Waals surface area contributed by atoms with Crippen LogP contribution in [0.15, 0.2) is 42.5 Å². The van der Waals surface area contributed by atoms with E-state index in [2.05, 4.69) is 54.5 Å². The molecule has 242 valence electrons. The predicted octanol–water partition coefficient (Wildman–Crippen LogP) is 10.7. The lowest BCUT2D eigenvalue weighted by Crippen LogP contribution is -2.34. The number of ketones is 1. The van der Waals surface area contributed by atoms with Crippen LogP contribution < -0.4 is 0 Å². The lowest BCUT2D eigenvalue weighted by atomic mass is 9.84. The van der Waals surface area contributed by atoms with Crippen LogP contribution in [0.1, 0.15) is 156 Å². The Morgan fingerprint density at radius 1 is 0.605 bits per heavy atom. The third-order valence-electron chi connectivity index (χ3n) is 7.25. The highest BCUT2D eigenvalue weighted by molar-refractivity contribution is 6.10. The van der Waals surface area contributed by atoms with Crippen molar-refractivity contribution >= 4 is 5.78 Å². The Bertz CT molecular complexity index is 1220. The molecule has 5 nitrogen and oxygen atoms in total. The standard InChI is InChI=1S/C38H60O5/c1-16-18-27-21-22-30(38(14,15)43-41-36(10,11)26-34(5,6)7)24-31(27)32(39)28-19-17-20-29(23-28)37(12,13)42-40-35(8,9)25-33(2,3)4/h17,19-24H,16,18,25-26H2,1-15H3. The molecule has 0 aliphatic carbocycles. The van der Waals surface area contributed by atoms with Gasteiger partial charge in [0, 0.05) is 11.1 Å².